The summed E-state index contributed by atoms with van der Waals surface area (Å²) in [5.74, 6) is 0.297. The summed E-state index contributed by atoms with van der Waals surface area (Å²) in [5.41, 5.74) is 5.81. The van der Waals surface area contributed by atoms with Crippen molar-refractivity contribution in [3.8, 4) is 10.4 Å². The lowest BCUT2D eigenvalue weighted by molar-refractivity contribution is 0.0787. The molecule has 150 valence electrons. The second-order valence-corrected chi connectivity index (χ2v) is 10.2. The van der Waals surface area contributed by atoms with E-state index in [1.807, 2.05) is 12.1 Å². The summed E-state index contributed by atoms with van der Waals surface area (Å²) in [6, 6.07) is 7.14. The fraction of sp³-hybridized carbons (Fsp3) is 0.474. The molecule has 0 bridgehead atoms. The van der Waals surface area contributed by atoms with Crippen LogP contribution in [0.2, 0.25) is 0 Å². The second kappa shape index (κ2) is 7.81. The van der Waals surface area contributed by atoms with Gasteiger partial charge in [-0.05, 0) is 38.2 Å². The van der Waals surface area contributed by atoms with Crippen molar-refractivity contribution in [2.75, 3.05) is 13.1 Å². The van der Waals surface area contributed by atoms with Crippen LogP contribution in [0.1, 0.15) is 43.0 Å². The molecule has 1 amide bonds. The molecule has 2 aliphatic rings. The van der Waals surface area contributed by atoms with E-state index in [4.69, 9.17) is 10.5 Å². The van der Waals surface area contributed by atoms with Crippen molar-refractivity contribution in [3.63, 3.8) is 0 Å². The quantitative estimate of drug-likeness (QED) is 0.798. The number of nitrogens with zero attached hydrogens (tertiary/aromatic N) is 2. The van der Waals surface area contributed by atoms with E-state index in [9.17, 15) is 13.2 Å². The molecule has 0 unspecified atom stereocenters. The van der Waals surface area contributed by atoms with Crippen molar-refractivity contribution >= 4 is 27.5 Å². The SMILES string of the molecule is NC(=O)O[C@H]1CC[C@H](c2ncc(-c3ccccc3S(=O)(=O)N3CCC3)s2)CC1. The molecule has 0 atom stereocenters. The molecule has 1 aliphatic heterocycles. The van der Waals surface area contributed by atoms with Crippen LogP contribution in [0.25, 0.3) is 10.4 Å². The lowest BCUT2D eigenvalue weighted by Crippen LogP contribution is -2.42. The van der Waals surface area contributed by atoms with Crippen molar-refractivity contribution in [1.29, 1.82) is 0 Å². The number of thiazole rings is 1. The number of amides is 1. The van der Waals surface area contributed by atoms with Gasteiger partial charge < -0.3 is 10.5 Å². The average Bonchev–Trinajstić information content (AvgIpc) is 3.10. The predicted molar refractivity (Wildman–Crippen MR) is 107 cm³/mol. The minimum Gasteiger partial charge on any atom is -0.446 e. The number of aromatic nitrogens is 1. The first-order valence-corrected chi connectivity index (χ1v) is 11.7. The zero-order valence-electron chi connectivity index (χ0n) is 15.4. The standard InChI is InChI=1S/C19H23N3O4S2/c20-19(23)26-14-8-6-13(7-9-14)18-21-12-16(27-18)15-4-1-2-5-17(15)28(24,25)22-10-3-11-22/h1-2,4-5,12-14H,3,6-11H2,(H2,20,23)/t13-,14-. The summed E-state index contributed by atoms with van der Waals surface area (Å²) < 4.78 is 32.4. The summed E-state index contributed by atoms with van der Waals surface area (Å²) in [7, 11) is -3.46. The zero-order chi connectivity index (χ0) is 19.7. The van der Waals surface area contributed by atoms with Gasteiger partial charge >= 0.3 is 6.09 Å². The van der Waals surface area contributed by atoms with Gasteiger partial charge in [-0.2, -0.15) is 4.31 Å². The Hall–Kier alpha value is -1.97. The van der Waals surface area contributed by atoms with Gasteiger partial charge in [0.15, 0.2) is 0 Å². The van der Waals surface area contributed by atoms with E-state index in [1.54, 1.807) is 29.7 Å². The van der Waals surface area contributed by atoms with Crippen LogP contribution in [-0.2, 0) is 14.8 Å². The third kappa shape index (κ3) is 3.78. The van der Waals surface area contributed by atoms with E-state index < -0.39 is 16.1 Å². The van der Waals surface area contributed by atoms with Gasteiger partial charge in [0.25, 0.3) is 0 Å². The monoisotopic (exact) mass is 421 g/mol. The van der Waals surface area contributed by atoms with Crippen LogP contribution in [0.15, 0.2) is 35.4 Å². The molecule has 9 heteroatoms. The lowest BCUT2D eigenvalue weighted by Gasteiger charge is -2.30. The van der Waals surface area contributed by atoms with Crippen LogP contribution in [0.3, 0.4) is 0 Å². The van der Waals surface area contributed by atoms with Gasteiger partial charge in [-0.15, -0.1) is 11.3 Å². The number of ether oxygens (including phenoxy) is 1. The summed E-state index contributed by atoms with van der Waals surface area (Å²) in [4.78, 5) is 16.7. The number of primary amides is 1. The number of nitrogens with two attached hydrogens (primary N) is 1. The third-order valence-electron chi connectivity index (χ3n) is 5.42. The molecular formula is C19H23N3O4S2. The summed E-state index contributed by atoms with van der Waals surface area (Å²) in [5, 5.41) is 1.00. The van der Waals surface area contributed by atoms with E-state index in [-0.39, 0.29) is 6.10 Å². The molecule has 2 N–H and O–H groups in total. The minimum absolute atomic E-state index is 0.115. The molecule has 0 spiro atoms. The van der Waals surface area contributed by atoms with Gasteiger partial charge in [-0.25, -0.2) is 18.2 Å². The Morgan fingerprint density at radius 1 is 1.18 bits per heavy atom. The topological polar surface area (TPSA) is 103 Å². The van der Waals surface area contributed by atoms with Crippen LogP contribution in [0, 0.1) is 0 Å². The second-order valence-electron chi connectivity index (χ2n) is 7.23. The largest absolute Gasteiger partial charge is 0.446 e. The molecule has 1 saturated carbocycles. The molecule has 28 heavy (non-hydrogen) atoms. The number of hydrogen-bond acceptors (Lipinski definition) is 6. The predicted octanol–water partition coefficient (Wildman–Crippen LogP) is 3.33. The van der Waals surface area contributed by atoms with Gasteiger partial charge in [-0.3, -0.25) is 0 Å². The number of carbonyl (C=O) groups excluding carboxylic acids is 1. The lowest BCUT2D eigenvalue weighted by atomic mass is 9.88. The maximum atomic E-state index is 12.9. The Balaban J connectivity index is 1.54. The summed E-state index contributed by atoms with van der Waals surface area (Å²) in [6.07, 6.45) is 5.13. The molecule has 7 nitrogen and oxygen atoms in total. The van der Waals surface area contributed by atoms with E-state index in [1.165, 1.54) is 4.31 Å². The van der Waals surface area contributed by atoms with Crippen molar-refractivity contribution in [2.24, 2.45) is 5.73 Å². The molecule has 2 fully saturated rings. The molecule has 4 rings (SSSR count). The first-order valence-electron chi connectivity index (χ1n) is 9.46. The van der Waals surface area contributed by atoms with Crippen molar-refractivity contribution < 1.29 is 17.9 Å². The van der Waals surface area contributed by atoms with Crippen LogP contribution < -0.4 is 5.73 Å². The summed E-state index contributed by atoms with van der Waals surface area (Å²) in [6.45, 7) is 1.17. The maximum Gasteiger partial charge on any atom is 0.404 e. The highest BCUT2D eigenvalue weighted by molar-refractivity contribution is 7.89. The fourth-order valence-electron chi connectivity index (χ4n) is 3.75. The van der Waals surface area contributed by atoms with E-state index in [0.717, 1.165) is 42.0 Å². The Morgan fingerprint density at radius 3 is 2.54 bits per heavy atom. The molecule has 1 aliphatic carbocycles. The number of hydrogen-bond donors (Lipinski definition) is 1. The number of benzene rings is 1. The molecular weight excluding hydrogens is 398 g/mol. The first kappa shape index (κ1) is 19.4. The molecule has 1 aromatic heterocycles. The van der Waals surface area contributed by atoms with Gasteiger partial charge in [0.05, 0.1) is 14.8 Å². The van der Waals surface area contributed by atoms with Crippen molar-refractivity contribution in [1.82, 2.24) is 9.29 Å². The molecule has 1 aromatic carbocycles. The van der Waals surface area contributed by atoms with Crippen LogP contribution in [0.5, 0.6) is 0 Å². The van der Waals surface area contributed by atoms with Crippen LogP contribution >= 0.6 is 11.3 Å². The molecule has 2 heterocycles. The minimum atomic E-state index is -3.46. The van der Waals surface area contributed by atoms with Crippen LogP contribution in [0.4, 0.5) is 4.79 Å². The van der Waals surface area contributed by atoms with Crippen LogP contribution in [-0.4, -0.2) is 43.0 Å². The average molecular weight is 422 g/mol. The molecule has 1 saturated heterocycles. The fourth-order valence-corrected chi connectivity index (χ4v) is 6.67. The van der Waals surface area contributed by atoms with Crippen molar-refractivity contribution in [2.45, 2.75) is 49.0 Å². The van der Waals surface area contributed by atoms with Gasteiger partial charge in [0, 0.05) is 30.8 Å². The first-order chi connectivity index (χ1) is 13.4. The van der Waals surface area contributed by atoms with E-state index in [0.29, 0.717) is 29.5 Å². The van der Waals surface area contributed by atoms with Gasteiger partial charge in [0.2, 0.25) is 10.0 Å². The Morgan fingerprint density at radius 2 is 1.89 bits per heavy atom. The molecule has 2 aromatic rings. The normalized spacial score (nSPS) is 23.1. The zero-order valence-corrected chi connectivity index (χ0v) is 17.0. The smallest absolute Gasteiger partial charge is 0.404 e. The van der Waals surface area contributed by atoms with Gasteiger partial charge in [0.1, 0.15) is 6.10 Å². The van der Waals surface area contributed by atoms with Crippen molar-refractivity contribution in [3.05, 3.63) is 35.5 Å². The van der Waals surface area contributed by atoms with E-state index >= 15 is 0 Å². The number of rotatable bonds is 5. The van der Waals surface area contributed by atoms with Gasteiger partial charge in [-0.1, -0.05) is 18.2 Å². The molecule has 0 radical (unpaired) electrons. The Labute approximate surface area is 168 Å². The third-order valence-corrected chi connectivity index (χ3v) is 8.57. The summed E-state index contributed by atoms with van der Waals surface area (Å²) >= 11 is 1.55. The number of sulfonamides is 1. The highest BCUT2D eigenvalue weighted by atomic mass is 32.2. The Bertz CT molecular complexity index is 961. The Kier molecular flexibility index (Phi) is 5.39. The number of carbonyl (C=O) groups is 1. The van der Waals surface area contributed by atoms with E-state index in [2.05, 4.69) is 4.98 Å². The highest BCUT2D eigenvalue weighted by Gasteiger charge is 2.32. The highest BCUT2D eigenvalue weighted by Crippen LogP contribution is 2.40. The maximum absolute atomic E-state index is 12.9.